The first-order valence-electron chi connectivity index (χ1n) is 5.57. The average molecular weight is 375 g/mol. The predicted octanol–water partition coefficient (Wildman–Crippen LogP) is 4.17. The molecule has 0 atom stereocenters. The molecule has 0 unspecified atom stereocenters. The molecule has 6 heteroatoms. The number of nitrogens with zero attached hydrogens (tertiary/aromatic N) is 2. The van der Waals surface area contributed by atoms with Crippen molar-refractivity contribution < 1.29 is 4.42 Å². The molecular formula is C12H13Br2N3O. The summed E-state index contributed by atoms with van der Waals surface area (Å²) < 4.78 is 7.04. The van der Waals surface area contributed by atoms with Gasteiger partial charge in [0.15, 0.2) is 16.3 Å². The third kappa shape index (κ3) is 2.44. The van der Waals surface area contributed by atoms with Crippen LogP contribution in [-0.4, -0.2) is 17.0 Å². The number of aromatic nitrogens is 2. The number of anilines is 1. The Balaban J connectivity index is 2.55. The summed E-state index contributed by atoms with van der Waals surface area (Å²) in [5.74, 6) is 2.07. The zero-order valence-corrected chi connectivity index (χ0v) is 13.5. The highest BCUT2D eigenvalue weighted by Gasteiger charge is 2.15. The van der Waals surface area contributed by atoms with E-state index in [0.29, 0.717) is 16.3 Å². The van der Waals surface area contributed by atoms with Crippen LogP contribution >= 0.6 is 31.9 Å². The lowest BCUT2D eigenvalue weighted by atomic mass is 10.1. The van der Waals surface area contributed by atoms with E-state index in [1.165, 1.54) is 0 Å². The van der Waals surface area contributed by atoms with E-state index in [9.17, 15) is 0 Å². The van der Waals surface area contributed by atoms with E-state index in [0.717, 1.165) is 28.0 Å². The SMILES string of the molecule is CCc1c(C)nc(-c2cc(Br)c(Br)o2)nc1NC. The molecule has 0 amide bonds. The highest BCUT2D eigenvalue weighted by Crippen LogP contribution is 2.32. The molecule has 0 fully saturated rings. The molecule has 0 aliphatic rings. The third-order valence-electron chi connectivity index (χ3n) is 2.67. The van der Waals surface area contributed by atoms with Crippen LogP contribution in [0.2, 0.25) is 0 Å². The topological polar surface area (TPSA) is 51.0 Å². The lowest BCUT2D eigenvalue weighted by molar-refractivity contribution is 0.549. The second-order valence-electron chi connectivity index (χ2n) is 3.80. The van der Waals surface area contributed by atoms with Gasteiger partial charge in [0.25, 0.3) is 0 Å². The summed E-state index contributed by atoms with van der Waals surface area (Å²) >= 11 is 6.69. The van der Waals surface area contributed by atoms with Gasteiger partial charge in [-0.25, -0.2) is 9.97 Å². The van der Waals surface area contributed by atoms with Gasteiger partial charge in [-0.2, -0.15) is 0 Å². The molecule has 2 heterocycles. The van der Waals surface area contributed by atoms with Gasteiger partial charge in [0.05, 0.1) is 4.47 Å². The number of nitrogens with one attached hydrogen (secondary N) is 1. The normalized spacial score (nSPS) is 10.7. The molecule has 0 aliphatic carbocycles. The molecule has 0 radical (unpaired) electrons. The summed E-state index contributed by atoms with van der Waals surface area (Å²) in [4.78, 5) is 8.98. The van der Waals surface area contributed by atoms with Crippen LogP contribution in [0.25, 0.3) is 11.6 Å². The van der Waals surface area contributed by atoms with Crippen LogP contribution < -0.4 is 5.32 Å². The number of furan rings is 1. The van der Waals surface area contributed by atoms with E-state index in [1.807, 2.05) is 20.0 Å². The van der Waals surface area contributed by atoms with Crippen LogP contribution in [-0.2, 0) is 6.42 Å². The van der Waals surface area contributed by atoms with Crippen LogP contribution in [0.3, 0.4) is 0 Å². The summed E-state index contributed by atoms with van der Waals surface area (Å²) in [6, 6.07) is 1.85. The molecule has 4 nitrogen and oxygen atoms in total. The number of rotatable bonds is 3. The van der Waals surface area contributed by atoms with Gasteiger partial charge in [-0.15, -0.1) is 0 Å². The van der Waals surface area contributed by atoms with E-state index in [1.54, 1.807) is 0 Å². The fourth-order valence-electron chi connectivity index (χ4n) is 1.79. The summed E-state index contributed by atoms with van der Waals surface area (Å²) in [5, 5.41) is 3.10. The highest BCUT2D eigenvalue weighted by atomic mass is 79.9. The second kappa shape index (κ2) is 5.40. The molecule has 18 heavy (non-hydrogen) atoms. The van der Waals surface area contributed by atoms with Crippen LogP contribution in [0.5, 0.6) is 0 Å². The minimum Gasteiger partial charge on any atom is -0.445 e. The van der Waals surface area contributed by atoms with Crippen molar-refractivity contribution in [1.82, 2.24) is 9.97 Å². The van der Waals surface area contributed by atoms with E-state index in [2.05, 4.69) is 54.1 Å². The number of aryl methyl sites for hydroxylation is 1. The first-order valence-corrected chi connectivity index (χ1v) is 7.15. The summed E-state index contributed by atoms with van der Waals surface area (Å²) in [5.41, 5.74) is 2.10. The van der Waals surface area contributed by atoms with Gasteiger partial charge in [-0.1, -0.05) is 6.92 Å². The molecule has 2 rings (SSSR count). The summed E-state index contributed by atoms with van der Waals surface area (Å²) in [6.45, 7) is 4.07. The van der Waals surface area contributed by atoms with Crippen molar-refractivity contribution in [2.24, 2.45) is 0 Å². The van der Waals surface area contributed by atoms with E-state index >= 15 is 0 Å². The first-order chi connectivity index (χ1) is 8.56. The first kappa shape index (κ1) is 13.5. The van der Waals surface area contributed by atoms with Crippen LogP contribution in [0, 0.1) is 6.92 Å². The van der Waals surface area contributed by atoms with E-state index in [4.69, 9.17) is 4.42 Å². The Hall–Kier alpha value is -0.880. The lowest BCUT2D eigenvalue weighted by Gasteiger charge is -2.10. The van der Waals surface area contributed by atoms with E-state index in [-0.39, 0.29) is 0 Å². The molecule has 96 valence electrons. The molecule has 0 saturated heterocycles. The number of hydrogen-bond acceptors (Lipinski definition) is 4. The fourth-order valence-corrected chi connectivity index (χ4v) is 2.37. The molecule has 0 spiro atoms. The number of halogens is 2. The predicted molar refractivity (Wildman–Crippen MR) is 78.8 cm³/mol. The molecular weight excluding hydrogens is 362 g/mol. The van der Waals surface area contributed by atoms with Crippen molar-refractivity contribution in [3.05, 3.63) is 26.5 Å². The zero-order chi connectivity index (χ0) is 13.3. The molecule has 0 aliphatic heterocycles. The second-order valence-corrected chi connectivity index (χ2v) is 5.37. The van der Waals surface area contributed by atoms with Gasteiger partial charge in [0.1, 0.15) is 5.82 Å². The van der Waals surface area contributed by atoms with Crippen molar-refractivity contribution in [3.63, 3.8) is 0 Å². The maximum Gasteiger partial charge on any atom is 0.197 e. The Bertz CT molecular complexity index is 561. The molecule has 2 aromatic heterocycles. The van der Waals surface area contributed by atoms with Crippen molar-refractivity contribution >= 4 is 37.7 Å². The monoisotopic (exact) mass is 373 g/mol. The van der Waals surface area contributed by atoms with Gasteiger partial charge < -0.3 is 9.73 Å². The maximum atomic E-state index is 5.55. The molecule has 1 N–H and O–H groups in total. The van der Waals surface area contributed by atoms with Gasteiger partial charge >= 0.3 is 0 Å². The lowest BCUT2D eigenvalue weighted by Crippen LogP contribution is -2.04. The fraction of sp³-hybridized carbons (Fsp3) is 0.333. The van der Waals surface area contributed by atoms with Crippen molar-refractivity contribution in [1.29, 1.82) is 0 Å². The summed E-state index contributed by atoms with van der Waals surface area (Å²) in [7, 11) is 1.86. The number of hydrogen-bond donors (Lipinski definition) is 1. The molecule has 0 saturated carbocycles. The Morgan fingerprint density at radius 2 is 2.06 bits per heavy atom. The van der Waals surface area contributed by atoms with Crippen LogP contribution in [0.1, 0.15) is 18.2 Å². The largest absolute Gasteiger partial charge is 0.445 e. The van der Waals surface area contributed by atoms with Gasteiger partial charge in [-0.05, 0) is 45.2 Å². The molecule has 0 bridgehead atoms. The van der Waals surface area contributed by atoms with Gasteiger partial charge in [0.2, 0.25) is 0 Å². The minimum absolute atomic E-state index is 0.584. The Morgan fingerprint density at radius 3 is 2.56 bits per heavy atom. The molecule has 0 aromatic carbocycles. The smallest absolute Gasteiger partial charge is 0.197 e. The Kier molecular flexibility index (Phi) is 4.07. The highest BCUT2D eigenvalue weighted by molar-refractivity contribution is 9.13. The standard InChI is InChI=1S/C12H13Br2N3O/c1-4-7-6(2)16-12(17-11(7)15-3)9-5-8(13)10(14)18-9/h5H,4H2,1-3H3,(H,15,16,17). The summed E-state index contributed by atoms with van der Waals surface area (Å²) in [6.07, 6.45) is 0.897. The Labute approximate surface area is 122 Å². The van der Waals surface area contributed by atoms with Gasteiger partial charge in [0, 0.05) is 24.4 Å². The van der Waals surface area contributed by atoms with Crippen molar-refractivity contribution in [2.45, 2.75) is 20.3 Å². The molecule has 2 aromatic rings. The van der Waals surface area contributed by atoms with Gasteiger partial charge in [-0.3, -0.25) is 0 Å². The minimum atomic E-state index is 0.584. The van der Waals surface area contributed by atoms with Crippen molar-refractivity contribution in [2.75, 3.05) is 12.4 Å². The van der Waals surface area contributed by atoms with Crippen LogP contribution in [0.15, 0.2) is 19.6 Å². The maximum absolute atomic E-state index is 5.55. The Morgan fingerprint density at radius 1 is 1.33 bits per heavy atom. The zero-order valence-electron chi connectivity index (χ0n) is 10.3. The van der Waals surface area contributed by atoms with Crippen LogP contribution in [0.4, 0.5) is 5.82 Å². The van der Waals surface area contributed by atoms with E-state index < -0.39 is 0 Å². The van der Waals surface area contributed by atoms with Crippen molar-refractivity contribution in [3.8, 4) is 11.6 Å². The quantitative estimate of drug-likeness (QED) is 0.875. The average Bonchev–Trinajstić information content (AvgIpc) is 2.68. The third-order valence-corrected chi connectivity index (χ3v) is 4.38.